The molecule has 1 atom stereocenters. The van der Waals surface area contributed by atoms with Crippen LogP contribution in [0.1, 0.15) is 23.5 Å². The Morgan fingerprint density at radius 2 is 1.65 bits per heavy atom. The molecule has 0 N–H and O–H groups in total. The Bertz CT molecular complexity index is 684. The number of hydrogen-bond acceptors (Lipinski definition) is 4. The molecule has 0 aliphatic rings. The number of hydrogen-bond donors (Lipinski definition) is 0. The number of halogens is 1. The average molecular weight is 335 g/mol. The molecule has 23 heavy (non-hydrogen) atoms. The van der Waals surface area contributed by atoms with Gasteiger partial charge in [0, 0.05) is 22.1 Å². The van der Waals surface area contributed by atoms with Gasteiger partial charge in [0.2, 0.25) is 0 Å². The van der Waals surface area contributed by atoms with Crippen molar-refractivity contribution in [2.45, 2.75) is 12.3 Å². The molecule has 5 heteroatoms. The van der Waals surface area contributed by atoms with Crippen LogP contribution in [-0.4, -0.2) is 27.3 Å². The number of carbonyl (C=O) groups is 1. The quantitative estimate of drug-likeness (QED) is 0.747. The lowest BCUT2D eigenvalue weighted by molar-refractivity contribution is -0.140. The summed E-state index contributed by atoms with van der Waals surface area (Å²) in [7, 11) is 4.56. The Morgan fingerprint density at radius 3 is 2.30 bits per heavy atom. The second-order valence-electron chi connectivity index (χ2n) is 4.96. The highest BCUT2D eigenvalue weighted by Gasteiger charge is 2.25. The molecular weight excluding hydrogens is 316 g/mol. The number of esters is 1. The molecule has 0 saturated carbocycles. The van der Waals surface area contributed by atoms with Gasteiger partial charge < -0.3 is 14.2 Å². The van der Waals surface area contributed by atoms with Crippen molar-refractivity contribution >= 4 is 17.6 Å². The van der Waals surface area contributed by atoms with E-state index in [2.05, 4.69) is 0 Å². The molecule has 2 aromatic rings. The predicted octanol–water partition coefficient (Wildman–Crippen LogP) is 4.05. The van der Waals surface area contributed by atoms with Crippen LogP contribution in [0.25, 0.3) is 0 Å². The molecule has 0 heterocycles. The normalized spacial score (nSPS) is 11.7. The van der Waals surface area contributed by atoms with Crippen molar-refractivity contribution in [2.24, 2.45) is 0 Å². The van der Waals surface area contributed by atoms with Crippen LogP contribution in [0.5, 0.6) is 11.5 Å². The SMILES string of the molecule is COC(=O)CC(c1ccccc1OC)c1cc(Cl)ccc1OC. The standard InChI is InChI=1S/C18H19ClO4/c1-21-16-7-5-4-6-13(16)14(11-18(20)23-3)15-10-12(19)8-9-17(15)22-2/h4-10,14H,11H2,1-3H3. The molecule has 0 aliphatic carbocycles. The van der Waals surface area contributed by atoms with Crippen molar-refractivity contribution in [3.8, 4) is 11.5 Å². The molecule has 122 valence electrons. The predicted molar refractivity (Wildman–Crippen MR) is 89.5 cm³/mol. The lowest BCUT2D eigenvalue weighted by atomic mass is 9.87. The Morgan fingerprint density at radius 1 is 1.00 bits per heavy atom. The van der Waals surface area contributed by atoms with Crippen molar-refractivity contribution in [3.63, 3.8) is 0 Å². The fraction of sp³-hybridized carbons (Fsp3) is 0.278. The smallest absolute Gasteiger partial charge is 0.306 e. The molecule has 0 aliphatic heterocycles. The van der Waals surface area contributed by atoms with E-state index in [0.717, 1.165) is 11.1 Å². The number of ether oxygens (including phenoxy) is 3. The van der Waals surface area contributed by atoms with Crippen LogP contribution in [0.4, 0.5) is 0 Å². The molecule has 0 saturated heterocycles. The third-order valence-corrected chi connectivity index (χ3v) is 3.92. The first kappa shape index (κ1) is 17.2. The van der Waals surface area contributed by atoms with Gasteiger partial charge in [-0.15, -0.1) is 0 Å². The second-order valence-corrected chi connectivity index (χ2v) is 5.40. The Hall–Kier alpha value is -2.20. The van der Waals surface area contributed by atoms with Gasteiger partial charge in [0.25, 0.3) is 0 Å². The topological polar surface area (TPSA) is 44.8 Å². The first-order valence-electron chi connectivity index (χ1n) is 7.13. The fourth-order valence-corrected chi connectivity index (χ4v) is 2.75. The van der Waals surface area contributed by atoms with E-state index in [9.17, 15) is 4.79 Å². The Labute approximate surface area is 140 Å². The molecule has 0 radical (unpaired) electrons. The van der Waals surface area contributed by atoms with Gasteiger partial charge in [-0.2, -0.15) is 0 Å². The molecule has 0 aromatic heterocycles. The first-order valence-corrected chi connectivity index (χ1v) is 7.51. The van der Waals surface area contributed by atoms with E-state index in [4.69, 9.17) is 25.8 Å². The minimum Gasteiger partial charge on any atom is -0.496 e. The minimum atomic E-state index is -0.317. The summed E-state index contributed by atoms with van der Waals surface area (Å²) >= 11 is 6.15. The molecule has 4 nitrogen and oxygen atoms in total. The molecule has 2 aromatic carbocycles. The average Bonchev–Trinajstić information content (AvgIpc) is 2.59. The van der Waals surface area contributed by atoms with Crippen LogP contribution in [0.3, 0.4) is 0 Å². The van der Waals surface area contributed by atoms with E-state index < -0.39 is 0 Å². The summed E-state index contributed by atoms with van der Waals surface area (Å²) in [6.45, 7) is 0. The van der Waals surface area contributed by atoms with Crippen molar-refractivity contribution in [1.82, 2.24) is 0 Å². The Balaban J connectivity index is 2.59. The number of rotatable bonds is 6. The van der Waals surface area contributed by atoms with E-state index in [1.54, 1.807) is 32.4 Å². The summed E-state index contributed by atoms with van der Waals surface area (Å²) in [6.07, 6.45) is 0.160. The molecule has 1 unspecified atom stereocenters. The van der Waals surface area contributed by atoms with E-state index in [0.29, 0.717) is 16.5 Å². The summed E-state index contributed by atoms with van der Waals surface area (Å²) in [4.78, 5) is 11.9. The highest BCUT2D eigenvalue weighted by molar-refractivity contribution is 6.30. The summed E-state index contributed by atoms with van der Waals surface area (Å²) in [5, 5.41) is 0.575. The zero-order valence-corrected chi connectivity index (χ0v) is 14.1. The van der Waals surface area contributed by atoms with Gasteiger partial charge in [0.15, 0.2) is 0 Å². The fourth-order valence-electron chi connectivity index (χ4n) is 2.57. The molecule has 0 bridgehead atoms. The largest absolute Gasteiger partial charge is 0.496 e. The number of methoxy groups -OCH3 is 3. The van der Waals surface area contributed by atoms with Crippen LogP contribution in [0, 0.1) is 0 Å². The van der Waals surface area contributed by atoms with Gasteiger partial charge in [-0.3, -0.25) is 4.79 Å². The highest BCUT2D eigenvalue weighted by Crippen LogP contribution is 2.39. The van der Waals surface area contributed by atoms with Gasteiger partial charge in [0.1, 0.15) is 11.5 Å². The minimum absolute atomic E-state index is 0.160. The van der Waals surface area contributed by atoms with Gasteiger partial charge in [-0.25, -0.2) is 0 Å². The summed E-state index contributed by atoms with van der Waals surface area (Å²) in [5.74, 6) is 0.757. The third kappa shape index (κ3) is 3.96. The van der Waals surface area contributed by atoms with E-state index in [1.807, 2.05) is 24.3 Å². The van der Waals surface area contributed by atoms with Crippen molar-refractivity contribution in [2.75, 3.05) is 21.3 Å². The lowest BCUT2D eigenvalue weighted by Crippen LogP contribution is -2.12. The van der Waals surface area contributed by atoms with E-state index in [-0.39, 0.29) is 18.3 Å². The number of para-hydroxylation sites is 1. The number of carbonyl (C=O) groups excluding carboxylic acids is 1. The molecule has 2 rings (SSSR count). The second kappa shape index (κ2) is 7.88. The van der Waals surface area contributed by atoms with Crippen LogP contribution < -0.4 is 9.47 Å². The zero-order chi connectivity index (χ0) is 16.8. The van der Waals surface area contributed by atoms with E-state index in [1.165, 1.54) is 7.11 Å². The van der Waals surface area contributed by atoms with Gasteiger partial charge in [-0.1, -0.05) is 29.8 Å². The van der Waals surface area contributed by atoms with Crippen molar-refractivity contribution in [1.29, 1.82) is 0 Å². The maximum absolute atomic E-state index is 11.9. The first-order chi connectivity index (χ1) is 11.1. The van der Waals surface area contributed by atoms with Crippen LogP contribution in [0.2, 0.25) is 5.02 Å². The molecule has 0 spiro atoms. The third-order valence-electron chi connectivity index (χ3n) is 3.68. The van der Waals surface area contributed by atoms with E-state index >= 15 is 0 Å². The van der Waals surface area contributed by atoms with Gasteiger partial charge in [-0.05, 0) is 24.3 Å². The van der Waals surface area contributed by atoms with Gasteiger partial charge >= 0.3 is 5.97 Å². The van der Waals surface area contributed by atoms with Crippen molar-refractivity contribution < 1.29 is 19.0 Å². The highest BCUT2D eigenvalue weighted by atomic mass is 35.5. The van der Waals surface area contributed by atoms with Crippen LogP contribution in [-0.2, 0) is 9.53 Å². The van der Waals surface area contributed by atoms with Crippen LogP contribution >= 0.6 is 11.6 Å². The van der Waals surface area contributed by atoms with Gasteiger partial charge in [0.05, 0.1) is 27.8 Å². The maximum Gasteiger partial charge on any atom is 0.306 e. The molecule has 0 fully saturated rings. The Kier molecular flexibility index (Phi) is 5.88. The summed E-state index contributed by atoms with van der Waals surface area (Å²) in [5.41, 5.74) is 1.69. The van der Waals surface area contributed by atoms with Crippen molar-refractivity contribution in [3.05, 3.63) is 58.6 Å². The number of benzene rings is 2. The molecular formula is C18H19ClO4. The summed E-state index contributed by atoms with van der Waals surface area (Å²) < 4.78 is 15.7. The van der Waals surface area contributed by atoms with Crippen LogP contribution in [0.15, 0.2) is 42.5 Å². The molecule has 0 amide bonds. The summed E-state index contributed by atoms with van der Waals surface area (Å²) in [6, 6.07) is 12.9. The maximum atomic E-state index is 11.9. The monoisotopic (exact) mass is 334 g/mol. The lowest BCUT2D eigenvalue weighted by Gasteiger charge is -2.21. The zero-order valence-electron chi connectivity index (χ0n) is 13.3.